The van der Waals surface area contributed by atoms with Crippen molar-refractivity contribution in [1.29, 1.82) is 0 Å². The lowest BCUT2D eigenvalue weighted by Crippen LogP contribution is -1.95. The zero-order valence-electron chi connectivity index (χ0n) is 8.21. The maximum absolute atomic E-state index is 10.4. The summed E-state index contributed by atoms with van der Waals surface area (Å²) in [6.07, 6.45) is 6.50. The third-order valence-electron chi connectivity index (χ3n) is 1.60. The molecule has 1 N–H and O–H groups in total. The van der Waals surface area contributed by atoms with Gasteiger partial charge >= 0.3 is 5.97 Å². The number of rotatable bonds is 5. The zero-order chi connectivity index (χ0) is 10.3. The molecule has 13 heavy (non-hydrogen) atoms. The molecule has 0 aromatic heterocycles. The summed E-state index contributed by atoms with van der Waals surface area (Å²) in [4.78, 5) is 10.4. The molecule has 2 heteroatoms. The van der Waals surface area contributed by atoms with E-state index in [1.165, 1.54) is 0 Å². The Morgan fingerprint density at radius 3 is 2.54 bits per heavy atom. The van der Waals surface area contributed by atoms with E-state index in [9.17, 15) is 4.79 Å². The van der Waals surface area contributed by atoms with Crippen molar-refractivity contribution in [3.05, 3.63) is 36.0 Å². The molecule has 0 saturated carbocycles. The van der Waals surface area contributed by atoms with Crippen LogP contribution in [0.4, 0.5) is 0 Å². The quantitative estimate of drug-likeness (QED) is 0.660. The van der Waals surface area contributed by atoms with Gasteiger partial charge in [0.25, 0.3) is 0 Å². The highest BCUT2D eigenvalue weighted by molar-refractivity contribution is 5.70. The van der Waals surface area contributed by atoms with Crippen LogP contribution in [0.15, 0.2) is 36.0 Å². The van der Waals surface area contributed by atoms with E-state index in [0.717, 1.165) is 17.6 Å². The number of hydrogen-bond acceptors (Lipinski definition) is 1. The molecular formula is C11H16O2. The van der Waals surface area contributed by atoms with Crippen molar-refractivity contribution in [2.45, 2.75) is 26.7 Å². The smallest absolute Gasteiger partial charge is 0.307 e. The molecule has 2 nitrogen and oxygen atoms in total. The minimum Gasteiger partial charge on any atom is -0.481 e. The Morgan fingerprint density at radius 2 is 2.15 bits per heavy atom. The molecular weight excluding hydrogens is 164 g/mol. The van der Waals surface area contributed by atoms with Crippen molar-refractivity contribution < 1.29 is 9.90 Å². The summed E-state index contributed by atoms with van der Waals surface area (Å²) >= 11 is 0. The summed E-state index contributed by atoms with van der Waals surface area (Å²) in [5.41, 5.74) is 1.97. The Bertz CT molecular complexity index is 247. The fraction of sp³-hybridized carbons (Fsp3) is 0.364. The summed E-state index contributed by atoms with van der Waals surface area (Å²) < 4.78 is 0. The van der Waals surface area contributed by atoms with Gasteiger partial charge in [0.05, 0.1) is 6.42 Å². The summed E-state index contributed by atoms with van der Waals surface area (Å²) in [5, 5.41) is 8.52. The minimum atomic E-state index is -0.789. The van der Waals surface area contributed by atoms with Gasteiger partial charge in [0, 0.05) is 0 Å². The van der Waals surface area contributed by atoms with Crippen LogP contribution in [0, 0.1) is 0 Å². The van der Waals surface area contributed by atoms with Crippen LogP contribution in [0.25, 0.3) is 0 Å². The fourth-order valence-electron chi connectivity index (χ4n) is 1.03. The second-order valence-corrected chi connectivity index (χ2v) is 2.89. The Kier molecular flexibility index (Phi) is 5.60. The number of carboxylic acid groups (broad SMARTS) is 1. The van der Waals surface area contributed by atoms with Gasteiger partial charge in [-0.3, -0.25) is 4.79 Å². The fourth-order valence-corrected chi connectivity index (χ4v) is 1.03. The number of carbonyl (C=O) groups is 1. The van der Waals surface area contributed by atoms with Crippen LogP contribution < -0.4 is 0 Å². The van der Waals surface area contributed by atoms with E-state index < -0.39 is 5.97 Å². The van der Waals surface area contributed by atoms with E-state index in [1.54, 1.807) is 6.08 Å². The van der Waals surface area contributed by atoms with Gasteiger partial charge in [-0.2, -0.15) is 0 Å². The van der Waals surface area contributed by atoms with Crippen molar-refractivity contribution >= 4 is 5.97 Å². The van der Waals surface area contributed by atoms with E-state index in [1.807, 2.05) is 26.0 Å². The molecule has 0 heterocycles. The van der Waals surface area contributed by atoms with E-state index in [0.29, 0.717) is 0 Å². The number of allylic oxidation sites excluding steroid dienone is 4. The lowest BCUT2D eigenvalue weighted by atomic mass is 10.1. The first-order chi connectivity index (χ1) is 6.10. The molecule has 0 aliphatic heterocycles. The highest BCUT2D eigenvalue weighted by atomic mass is 16.4. The molecule has 0 aliphatic carbocycles. The average molecular weight is 180 g/mol. The van der Waals surface area contributed by atoms with Crippen molar-refractivity contribution in [3.8, 4) is 0 Å². The van der Waals surface area contributed by atoms with Gasteiger partial charge in [-0.25, -0.2) is 0 Å². The molecule has 0 spiro atoms. The molecule has 0 unspecified atom stereocenters. The van der Waals surface area contributed by atoms with Crippen LogP contribution in [0.5, 0.6) is 0 Å². The summed E-state index contributed by atoms with van der Waals surface area (Å²) in [7, 11) is 0. The van der Waals surface area contributed by atoms with E-state index in [4.69, 9.17) is 5.11 Å². The molecule has 0 bridgehead atoms. The van der Waals surface area contributed by atoms with Crippen LogP contribution in [0.3, 0.4) is 0 Å². The van der Waals surface area contributed by atoms with Crippen LogP contribution in [-0.4, -0.2) is 11.1 Å². The SMILES string of the molecule is C=C/C=C(\C=C(\C)CC(=O)O)CC. The van der Waals surface area contributed by atoms with Crippen LogP contribution in [0.2, 0.25) is 0 Å². The highest BCUT2D eigenvalue weighted by Crippen LogP contribution is 2.09. The summed E-state index contributed by atoms with van der Waals surface area (Å²) in [5.74, 6) is -0.789. The summed E-state index contributed by atoms with van der Waals surface area (Å²) in [6, 6.07) is 0. The van der Waals surface area contributed by atoms with Crippen molar-refractivity contribution in [2.24, 2.45) is 0 Å². The van der Waals surface area contributed by atoms with Gasteiger partial charge < -0.3 is 5.11 Å². The zero-order valence-corrected chi connectivity index (χ0v) is 8.21. The topological polar surface area (TPSA) is 37.3 Å². The van der Waals surface area contributed by atoms with Crippen LogP contribution in [0.1, 0.15) is 26.7 Å². The molecule has 0 fully saturated rings. The maximum atomic E-state index is 10.4. The second-order valence-electron chi connectivity index (χ2n) is 2.89. The standard InChI is InChI=1S/C11H16O2/c1-4-6-10(5-2)7-9(3)8-11(12)13/h4,6-7H,1,5,8H2,2-3H3,(H,12,13)/b9-7-,10-6-. The molecule has 0 radical (unpaired) electrons. The van der Waals surface area contributed by atoms with Gasteiger partial charge in [-0.15, -0.1) is 0 Å². The molecule has 0 aromatic rings. The highest BCUT2D eigenvalue weighted by Gasteiger charge is 1.98. The predicted molar refractivity (Wildman–Crippen MR) is 54.6 cm³/mol. The van der Waals surface area contributed by atoms with Gasteiger partial charge in [-0.1, -0.05) is 37.3 Å². The lowest BCUT2D eigenvalue weighted by molar-refractivity contribution is -0.136. The number of carboxylic acids is 1. The maximum Gasteiger partial charge on any atom is 0.307 e. The third kappa shape index (κ3) is 5.91. The van der Waals surface area contributed by atoms with E-state index in [-0.39, 0.29) is 6.42 Å². The van der Waals surface area contributed by atoms with Gasteiger partial charge in [-0.05, 0) is 18.9 Å². The molecule has 72 valence electrons. The third-order valence-corrected chi connectivity index (χ3v) is 1.60. The van der Waals surface area contributed by atoms with Gasteiger partial charge in [0.15, 0.2) is 0 Å². The van der Waals surface area contributed by atoms with Crippen LogP contribution in [-0.2, 0) is 4.79 Å². The molecule has 0 aromatic carbocycles. The minimum absolute atomic E-state index is 0.106. The first-order valence-corrected chi connectivity index (χ1v) is 4.30. The molecule has 0 rings (SSSR count). The van der Waals surface area contributed by atoms with Crippen LogP contribution >= 0.6 is 0 Å². The predicted octanol–water partition coefficient (Wildman–Crippen LogP) is 2.93. The molecule has 0 atom stereocenters. The van der Waals surface area contributed by atoms with Gasteiger partial charge in [0.2, 0.25) is 0 Å². The van der Waals surface area contributed by atoms with Crippen molar-refractivity contribution in [1.82, 2.24) is 0 Å². The van der Waals surface area contributed by atoms with Gasteiger partial charge in [0.1, 0.15) is 0 Å². The monoisotopic (exact) mass is 180 g/mol. The molecule has 0 amide bonds. The second kappa shape index (κ2) is 6.23. The molecule has 0 saturated heterocycles. The first-order valence-electron chi connectivity index (χ1n) is 4.30. The summed E-state index contributed by atoms with van der Waals surface area (Å²) in [6.45, 7) is 7.44. The normalized spacial score (nSPS) is 12.8. The number of hydrogen-bond donors (Lipinski definition) is 1. The average Bonchev–Trinajstić information content (AvgIpc) is 2.02. The van der Waals surface area contributed by atoms with Crippen molar-refractivity contribution in [2.75, 3.05) is 0 Å². The number of aliphatic carboxylic acids is 1. The molecule has 0 aliphatic rings. The van der Waals surface area contributed by atoms with E-state index in [2.05, 4.69) is 6.58 Å². The Hall–Kier alpha value is -1.31. The van der Waals surface area contributed by atoms with Crippen molar-refractivity contribution in [3.63, 3.8) is 0 Å². The Balaban J connectivity index is 4.41. The Morgan fingerprint density at radius 1 is 1.54 bits per heavy atom. The first kappa shape index (κ1) is 11.7. The Labute approximate surface area is 79.3 Å². The van der Waals surface area contributed by atoms with E-state index >= 15 is 0 Å². The largest absolute Gasteiger partial charge is 0.481 e. The lowest BCUT2D eigenvalue weighted by Gasteiger charge is -1.99.